The van der Waals surface area contributed by atoms with Crippen molar-refractivity contribution < 1.29 is 27.8 Å². The smallest absolute Gasteiger partial charge is 0.489 e. The predicted molar refractivity (Wildman–Crippen MR) is 105 cm³/mol. The van der Waals surface area contributed by atoms with Crippen LogP contribution in [0.2, 0.25) is 5.02 Å². The molecule has 6 bridgehead atoms. The van der Waals surface area contributed by atoms with E-state index in [1.807, 2.05) is 48.5 Å². The zero-order chi connectivity index (χ0) is 21.7. The summed E-state index contributed by atoms with van der Waals surface area (Å²) in [6.45, 7) is 0.484. The van der Waals surface area contributed by atoms with Gasteiger partial charge in [-0.25, -0.2) is 9.78 Å². The van der Waals surface area contributed by atoms with Gasteiger partial charge in [0.2, 0.25) is 5.95 Å². The van der Waals surface area contributed by atoms with Crippen LogP contribution in [0, 0.1) is 0 Å². The summed E-state index contributed by atoms with van der Waals surface area (Å²) in [4.78, 5) is 17.6. The van der Waals surface area contributed by atoms with Gasteiger partial charge in [-0.3, -0.25) is 0 Å². The number of hydrogen-bond donors (Lipinski definition) is 3. The molecular formula is C19H14ClF3N4O3. The molecule has 3 N–H and O–H groups in total. The van der Waals surface area contributed by atoms with Gasteiger partial charge < -0.3 is 20.5 Å². The summed E-state index contributed by atoms with van der Waals surface area (Å²) < 4.78 is 37.6. The van der Waals surface area contributed by atoms with Crippen molar-refractivity contribution in [1.29, 1.82) is 0 Å². The van der Waals surface area contributed by atoms with E-state index in [9.17, 15) is 13.2 Å². The number of hydrogen-bond acceptors (Lipinski definition) is 6. The zero-order valence-corrected chi connectivity index (χ0v) is 15.8. The van der Waals surface area contributed by atoms with Crippen LogP contribution in [-0.2, 0) is 11.4 Å². The molecule has 30 heavy (non-hydrogen) atoms. The van der Waals surface area contributed by atoms with Crippen molar-refractivity contribution in [2.24, 2.45) is 0 Å². The Labute approximate surface area is 173 Å². The molecule has 0 amide bonds. The topological polar surface area (TPSA) is 96.4 Å². The highest BCUT2D eigenvalue weighted by Crippen LogP contribution is 2.28. The van der Waals surface area contributed by atoms with Gasteiger partial charge >= 0.3 is 12.1 Å². The molecule has 3 aromatic rings. The number of fused-ring (bicyclic) bond motifs is 6. The normalized spacial score (nSPS) is 12.3. The first-order valence-corrected chi connectivity index (χ1v) is 8.77. The molecular weight excluding hydrogens is 425 g/mol. The Balaban J connectivity index is 0.000000318. The van der Waals surface area contributed by atoms with Crippen molar-refractivity contribution >= 4 is 40.7 Å². The van der Waals surface area contributed by atoms with Gasteiger partial charge in [-0.15, -0.1) is 0 Å². The van der Waals surface area contributed by atoms with Gasteiger partial charge in [0.25, 0.3) is 0 Å². The number of ether oxygens (including phenoxy) is 1. The number of carboxylic acid groups (broad SMARTS) is 1. The molecule has 0 aliphatic carbocycles. The minimum Gasteiger partial charge on any atom is -0.489 e. The average molecular weight is 439 g/mol. The molecule has 0 radical (unpaired) electrons. The first-order chi connectivity index (χ1) is 14.2. The molecule has 0 unspecified atom stereocenters. The zero-order valence-electron chi connectivity index (χ0n) is 15.1. The minimum absolute atomic E-state index is 0.450. The van der Waals surface area contributed by atoms with E-state index in [0.717, 1.165) is 22.7 Å². The summed E-state index contributed by atoms with van der Waals surface area (Å²) in [5.74, 6) is -0.965. The highest BCUT2D eigenvalue weighted by molar-refractivity contribution is 6.32. The Morgan fingerprint density at radius 2 is 1.77 bits per heavy atom. The van der Waals surface area contributed by atoms with E-state index in [-0.39, 0.29) is 0 Å². The number of rotatable bonds is 0. The lowest BCUT2D eigenvalue weighted by Crippen LogP contribution is -2.21. The Bertz CT molecular complexity index is 1060. The Hall–Kier alpha value is -3.53. The van der Waals surface area contributed by atoms with Crippen molar-refractivity contribution in [3.63, 3.8) is 0 Å². The third-order valence-electron chi connectivity index (χ3n) is 3.67. The van der Waals surface area contributed by atoms with Gasteiger partial charge in [-0.05, 0) is 29.8 Å². The summed E-state index contributed by atoms with van der Waals surface area (Å²) >= 11 is 6.19. The summed E-state index contributed by atoms with van der Waals surface area (Å²) in [6, 6.07) is 15.6. The molecule has 0 atom stereocenters. The second-order valence-corrected chi connectivity index (χ2v) is 6.37. The molecule has 2 aromatic carbocycles. The molecule has 1 aliphatic heterocycles. The third kappa shape index (κ3) is 5.74. The molecule has 0 saturated carbocycles. The van der Waals surface area contributed by atoms with Crippen LogP contribution in [0.5, 0.6) is 5.75 Å². The fourth-order valence-corrected chi connectivity index (χ4v) is 2.49. The summed E-state index contributed by atoms with van der Waals surface area (Å²) in [7, 11) is 0. The van der Waals surface area contributed by atoms with Crippen molar-refractivity contribution in [2.75, 3.05) is 10.6 Å². The number of anilines is 4. The summed E-state index contributed by atoms with van der Waals surface area (Å²) in [5.41, 5.74) is 2.80. The third-order valence-corrected chi connectivity index (χ3v) is 3.95. The molecule has 0 spiro atoms. The number of aromatic nitrogens is 2. The molecule has 156 valence electrons. The number of aliphatic carboxylic acids is 1. The van der Waals surface area contributed by atoms with Gasteiger partial charge in [0.1, 0.15) is 17.4 Å². The standard InChI is InChI=1S/C17H13ClN4O.C2HF3O2/c18-15-9-19-17-21-12-4-1-3-11(7-12)10-23-14-6-2-5-13(8-14)20-16(15)22-17;3-2(4,5)1(6)7/h1-9H,10H2,(H2,19,20,21,22);(H,6,7). The first-order valence-electron chi connectivity index (χ1n) is 8.39. The van der Waals surface area contributed by atoms with E-state index in [2.05, 4.69) is 20.6 Å². The number of benzene rings is 2. The summed E-state index contributed by atoms with van der Waals surface area (Å²) in [5, 5.41) is 13.9. The number of carboxylic acids is 1. The van der Waals surface area contributed by atoms with E-state index in [0.29, 0.717) is 23.4 Å². The highest BCUT2D eigenvalue weighted by Gasteiger charge is 2.38. The largest absolute Gasteiger partial charge is 0.490 e. The van der Waals surface area contributed by atoms with Crippen LogP contribution < -0.4 is 15.4 Å². The average Bonchev–Trinajstić information content (AvgIpc) is 2.69. The summed E-state index contributed by atoms with van der Waals surface area (Å²) in [6.07, 6.45) is -3.51. The molecule has 0 fully saturated rings. The molecule has 4 rings (SSSR count). The van der Waals surface area contributed by atoms with Gasteiger partial charge in [-0.2, -0.15) is 18.2 Å². The van der Waals surface area contributed by atoms with Gasteiger partial charge in [0, 0.05) is 17.4 Å². The monoisotopic (exact) mass is 438 g/mol. The van der Waals surface area contributed by atoms with E-state index < -0.39 is 12.1 Å². The molecule has 1 aliphatic rings. The second kappa shape index (κ2) is 8.87. The fraction of sp³-hybridized carbons (Fsp3) is 0.105. The maximum Gasteiger partial charge on any atom is 0.490 e. The number of halogens is 4. The minimum atomic E-state index is -5.08. The van der Waals surface area contributed by atoms with Crippen LogP contribution in [-0.4, -0.2) is 27.2 Å². The first kappa shape index (κ1) is 21.2. The highest BCUT2D eigenvalue weighted by atomic mass is 35.5. The van der Waals surface area contributed by atoms with Crippen LogP contribution in [0.25, 0.3) is 0 Å². The lowest BCUT2D eigenvalue weighted by molar-refractivity contribution is -0.192. The van der Waals surface area contributed by atoms with E-state index in [4.69, 9.17) is 26.2 Å². The van der Waals surface area contributed by atoms with Crippen LogP contribution >= 0.6 is 11.6 Å². The predicted octanol–water partition coefficient (Wildman–Crippen LogP) is 5.14. The van der Waals surface area contributed by atoms with Crippen LogP contribution in [0.15, 0.2) is 54.7 Å². The number of alkyl halides is 3. The molecule has 7 nitrogen and oxygen atoms in total. The van der Waals surface area contributed by atoms with Crippen molar-refractivity contribution in [3.8, 4) is 5.75 Å². The maximum absolute atomic E-state index is 10.6. The van der Waals surface area contributed by atoms with Gasteiger partial charge in [-0.1, -0.05) is 29.8 Å². The van der Waals surface area contributed by atoms with Crippen molar-refractivity contribution in [1.82, 2.24) is 9.97 Å². The molecule has 11 heteroatoms. The van der Waals surface area contributed by atoms with Crippen LogP contribution in [0.4, 0.5) is 36.3 Å². The van der Waals surface area contributed by atoms with Crippen LogP contribution in [0.3, 0.4) is 0 Å². The molecule has 2 heterocycles. The molecule has 0 saturated heterocycles. The quantitative estimate of drug-likeness (QED) is 0.447. The van der Waals surface area contributed by atoms with Crippen molar-refractivity contribution in [3.05, 3.63) is 65.3 Å². The Morgan fingerprint density at radius 1 is 1.10 bits per heavy atom. The number of nitrogens with zero attached hydrogens (tertiary/aromatic N) is 2. The van der Waals surface area contributed by atoms with E-state index in [1.54, 1.807) is 6.20 Å². The lowest BCUT2D eigenvalue weighted by atomic mass is 10.2. The van der Waals surface area contributed by atoms with Crippen molar-refractivity contribution in [2.45, 2.75) is 12.8 Å². The fourth-order valence-electron chi connectivity index (χ4n) is 2.35. The maximum atomic E-state index is 10.6. The number of nitrogens with one attached hydrogen (secondary N) is 2. The van der Waals surface area contributed by atoms with Gasteiger partial charge in [0.05, 0.1) is 6.20 Å². The SMILES string of the molecule is Clc1cnc2nc1Nc1cccc(c1)OCc1cccc(c1)N2.O=C(O)C(F)(F)F. The Morgan fingerprint density at radius 3 is 2.47 bits per heavy atom. The van der Waals surface area contributed by atoms with E-state index in [1.165, 1.54) is 0 Å². The lowest BCUT2D eigenvalue weighted by Gasteiger charge is -2.10. The van der Waals surface area contributed by atoms with E-state index >= 15 is 0 Å². The second-order valence-electron chi connectivity index (χ2n) is 5.96. The van der Waals surface area contributed by atoms with Gasteiger partial charge in [0.15, 0.2) is 5.82 Å². The Kier molecular flexibility index (Phi) is 6.26. The van der Waals surface area contributed by atoms with Crippen LogP contribution in [0.1, 0.15) is 5.56 Å². The number of carbonyl (C=O) groups is 1. The molecule has 1 aromatic heterocycles.